The molecule has 0 saturated carbocycles. The molecular weight excluding hydrogens is 336 g/mol. The van der Waals surface area contributed by atoms with Crippen molar-refractivity contribution in [1.29, 1.82) is 0 Å². The van der Waals surface area contributed by atoms with Crippen molar-refractivity contribution in [2.24, 2.45) is 0 Å². The van der Waals surface area contributed by atoms with E-state index in [-0.39, 0.29) is 18.3 Å². The van der Waals surface area contributed by atoms with Crippen LogP contribution in [0.1, 0.15) is 19.4 Å². The lowest BCUT2D eigenvalue weighted by Gasteiger charge is -2.24. The van der Waals surface area contributed by atoms with Gasteiger partial charge in [0, 0.05) is 12.6 Å². The second kappa shape index (κ2) is 7.54. The zero-order valence-corrected chi connectivity index (χ0v) is 12.7. The number of hydrogen-bond donors (Lipinski definition) is 1. The molecule has 1 aromatic carbocycles. The summed E-state index contributed by atoms with van der Waals surface area (Å²) in [6, 6.07) is 4.78. The van der Waals surface area contributed by atoms with E-state index in [1.54, 1.807) is 17.0 Å². The Balaban J connectivity index is 2.81. The second-order valence-electron chi connectivity index (χ2n) is 4.54. The van der Waals surface area contributed by atoms with Gasteiger partial charge in [-0.1, -0.05) is 6.07 Å². The van der Waals surface area contributed by atoms with E-state index in [9.17, 15) is 13.6 Å². The van der Waals surface area contributed by atoms with Crippen LogP contribution in [0.5, 0.6) is 5.75 Å². The third kappa shape index (κ3) is 5.42. The number of aliphatic carboxylic acids is 1. The molecule has 0 aliphatic carbocycles. The summed E-state index contributed by atoms with van der Waals surface area (Å²) in [5.74, 6) is -0.853. The van der Waals surface area contributed by atoms with Crippen molar-refractivity contribution >= 4 is 21.9 Å². The van der Waals surface area contributed by atoms with E-state index >= 15 is 0 Å². The van der Waals surface area contributed by atoms with E-state index in [4.69, 9.17) is 5.11 Å². The first kappa shape index (κ1) is 16.8. The minimum atomic E-state index is -2.88. The Morgan fingerprint density at radius 3 is 2.55 bits per heavy atom. The SMILES string of the molecule is CC(C)N(CC(=O)O)Cc1ccc(OC(F)F)c(Br)c1. The highest BCUT2D eigenvalue weighted by Crippen LogP contribution is 2.28. The van der Waals surface area contributed by atoms with Gasteiger partial charge in [-0.25, -0.2) is 0 Å². The van der Waals surface area contributed by atoms with Crippen molar-refractivity contribution in [2.45, 2.75) is 33.0 Å². The summed E-state index contributed by atoms with van der Waals surface area (Å²) in [5, 5.41) is 8.85. The third-order valence-electron chi connectivity index (χ3n) is 2.67. The van der Waals surface area contributed by atoms with Crippen molar-refractivity contribution < 1.29 is 23.4 Å². The van der Waals surface area contributed by atoms with Crippen LogP contribution in [-0.4, -0.2) is 35.2 Å². The summed E-state index contributed by atoms with van der Waals surface area (Å²) in [4.78, 5) is 12.6. The molecule has 7 heteroatoms. The van der Waals surface area contributed by atoms with Crippen LogP contribution in [0.3, 0.4) is 0 Å². The van der Waals surface area contributed by atoms with Crippen LogP contribution in [0, 0.1) is 0 Å². The molecule has 0 radical (unpaired) electrons. The summed E-state index contributed by atoms with van der Waals surface area (Å²) in [6.45, 7) is 1.25. The molecule has 112 valence electrons. The standard InChI is InChI=1S/C13H16BrF2NO3/c1-8(2)17(7-12(18)19)6-9-3-4-11(10(14)5-9)20-13(15)16/h3-5,8,13H,6-7H2,1-2H3,(H,18,19). The third-order valence-corrected chi connectivity index (χ3v) is 3.29. The Hall–Kier alpha value is -1.21. The second-order valence-corrected chi connectivity index (χ2v) is 5.39. The minimum absolute atomic E-state index is 0.0538. The van der Waals surface area contributed by atoms with E-state index in [0.29, 0.717) is 11.0 Å². The first-order valence-electron chi connectivity index (χ1n) is 5.98. The lowest BCUT2D eigenvalue weighted by Crippen LogP contribution is -2.35. The van der Waals surface area contributed by atoms with Gasteiger partial charge in [-0.2, -0.15) is 8.78 Å². The minimum Gasteiger partial charge on any atom is -0.480 e. The van der Waals surface area contributed by atoms with Gasteiger partial charge in [0.1, 0.15) is 5.75 Å². The fourth-order valence-corrected chi connectivity index (χ4v) is 2.18. The van der Waals surface area contributed by atoms with Crippen LogP contribution in [-0.2, 0) is 11.3 Å². The van der Waals surface area contributed by atoms with Crippen molar-refractivity contribution in [3.05, 3.63) is 28.2 Å². The zero-order chi connectivity index (χ0) is 15.3. The van der Waals surface area contributed by atoms with Gasteiger partial charge in [-0.15, -0.1) is 0 Å². The summed E-state index contributed by atoms with van der Waals surface area (Å²) in [6.07, 6.45) is 0. The molecular formula is C13H16BrF2NO3. The predicted molar refractivity (Wildman–Crippen MR) is 74.0 cm³/mol. The lowest BCUT2D eigenvalue weighted by molar-refractivity contribution is -0.138. The first-order valence-corrected chi connectivity index (χ1v) is 6.78. The predicted octanol–water partition coefficient (Wildman–Crippen LogP) is 3.35. The molecule has 0 aliphatic rings. The molecule has 0 fully saturated rings. The number of ether oxygens (including phenoxy) is 1. The van der Waals surface area contributed by atoms with E-state index < -0.39 is 12.6 Å². The van der Waals surface area contributed by atoms with Gasteiger partial charge >= 0.3 is 12.6 Å². The van der Waals surface area contributed by atoms with Crippen LogP contribution >= 0.6 is 15.9 Å². The molecule has 1 aromatic rings. The fourth-order valence-electron chi connectivity index (χ4n) is 1.66. The molecule has 20 heavy (non-hydrogen) atoms. The van der Waals surface area contributed by atoms with Crippen LogP contribution in [0.2, 0.25) is 0 Å². The average molecular weight is 352 g/mol. The molecule has 0 spiro atoms. The molecule has 0 unspecified atom stereocenters. The lowest BCUT2D eigenvalue weighted by atomic mass is 10.2. The number of hydrogen-bond acceptors (Lipinski definition) is 3. The molecule has 0 amide bonds. The number of carboxylic acid groups (broad SMARTS) is 1. The van der Waals surface area contributed by atoms with E-state index in [1.807, 2.05) is 13.8 Å². The number of carbonyl (C=O) groups is 1. The maximum Gasteiger partial charge on any atom is 0.387 e. The van der Waals surface area contributed by atoms with Crippen LogP contribution in [0.15, 0.2) is 22.7 Å². The Labute approximate surface area is 124 Å². The van der Waals surface area contributed by atoms with Crippen molar-refractivity contribution in [1.82, 2.24) is 4.90 Å². The summed E-state index contributed by atoms with van der Waals surface area (Å²) >= 11 is 3.16. The monoisotopic (exact) mass is 351 g/mol. The topological polar surface area (TPSA) is 49.8 Å². The van der Waals surface area contributed by atoms with Gasteiger partial charge in [0.05, 0.1) is 11.0 Å². The first-order chi connectivity index (χ1) is 9.29. The number of rotatable bonds is 7. The van der Waals surface area contributed by atoms with Crippen molar-refractivity contribution in [2.75, 3.05) is 6.54 Å². The maximum atomic E-state index is 12.1. The van der Waals surface area contributed by atoms with Crippen LogP contribution < -0.4 is 4.74 Å². The maximum absolute atomic E-state index is 12.1. The number of alkyl halides is 2. The number of nitrogens with zero attached hydrogens (tertiary/aromatic N) is 1. The van der Waals surface area contributed by atoms with Gasteiger partial charge in [0.2, 0.25) is 0 Å². The molecule has 4 nitrogen and oxygen atoms in total. The molecule has 1 rings (SSSR count). The molecule has 0 heterocycles. The number of halogens is 3. The molecule has 0 bridgehead atoms. The molecule has 1 N–H and O–H groups in total. The Morgan fingerprint density at radius 2 is 2.10 bits per heavy atom. The molecule has 0 atom stereocenters. The van der Waals surface area contributed by atoms with Crippen molar-refractivity contribution in [3.63, 3.8) is 0 Å². The summed E-state index contributed by atoms with van der Waals surface area (Å²) in [5.41, 5.74) is 0.813. The molecule has 0 saturated heterocycles. The van der Waals surface area contributed by atoms with E-state index in [1.165, 1.54) is 6.07 Å². The van der Waals surface area contributed by atoms with Crippen LogP contribution in [0.25, 0.3) is 0 Å². The smallest absolute Gasteiger partial charge is 0.387 e. The highest BCUT2D eigenvalue weighted by atomic mass is 79.9. The molecule has 0 aromatic heterocycles. The summed E-state index contributed by atoms with van der Waals surface area (Å²) < 4.78 is 29.0. The number of carboxylic acids is 1. The van der Waals surface area contributed by atoms with Gasteiger partial charge in [0.25, 0.3) is 0 Å². The highest BCUT2D eigenvalue weighted by Gasteiger charge is 2.15. The van der Waals surface area contributed by atoms with Crippen LogP contribution in [0.4, 0.5) is 8.78 Å². The normalized spacial score (nSPS) is 11.4. The fraction of sp³-hybridized carbons (Fsp3) is 0.462. The quantitative estimate of drug-likeness (QED) is 0.818. The summed E-state index contributed by atoms with van der Waals surface area (Å²) in [7, 11) is 0. The van der Waals surface area contributed by atoms with Gasteiger partial charge in [-0.05, 0) is 47.5 Å². The largest absolute Gasteiger partial charge is 0.480 e. The highest BCUT2D eigenvalue weighted by molar-refractivity contribution is 9.10. The zero-order valence-electron chi connectivity index (χ0n) is 11.1. The van der Waals surface area contributed by atoms with Gasteiger partial charge in [-0.3, -0.25) is 9.69 Å². The van der Waals surface area contributed by atoms with E-state index in [0.717, 1.165) is 5.56 Å². The molecule has 0 aliphatic heterocycles. The van der Waals surface area contributed by atoms with Gasteiger partial charge < -0.3 is 9.84 Å². The van der Waals surface area contributed by atoms with Crippen molar-refractivity contribution in [3.8, 4) is 5.75 Å². The Morgan fingerprint density at radius 1 is 1.45 bits per heavy atom. The van der Waals surface area contributed by atoms with E-state index in [2.05, 4.69) is 20.7 Å². The number of benzene rings is 1. The average Bonchev–Trinajstić information content (AvgIpc) is 2.30. The Kier molecular flexibility index (Phi) is 6.35. The Bertz CT molecular complexity index is 469. The van der Waals surface area contributed by atoms with Gasteiger partial charge in [0.15, 0.2) is 0 Å².